The number of halogens is 2. The van der Waals surface area contributed by atoms with Gasteiger partial charge in [-0.05, 0) is 49.0 Å². The summed E-state index contributed by atoms with van der Waals surface area (Å²) in [6.07, 6.45) is 3.78. The third-order valence-electron chi connectivity index (χ3n) is 5.02. The van der Waals surface area contributed by atoms with Gasteiger partial charge in [-0.3, -0.25) is 9.67 Å². The Balaban J connectivity index is 0.00000341. The lowest BCUT2D eigenvalue weighted by molar-refractivity contribution is 0.298. The molecule has 2 N–H and O–H groups in total. The largest absolute Gasteiger partial charge is 0.354 e. The first-order valence-electron chi connectivity index (χ1n) is 9.97. The first-order chi connectivity index (χ1) is 14.6. The molecule has 0 amide bonds. The first-order valence-corrected chi connectivity index (χ1v) is 10.3. The molecule has 1 unspecified atom stereocenters. The van der Waals surface area contributed by atoms with Gasteiger partial charge in [0, 0.05) is 37.6 Å². The second-order valence-corrected chi connectivity index (χ2v) is 7.75. The molecule has 0 bridgehead atoms. The van der Waals surface area contributed by atoms with E-state index in [1.807, 2.05) is 29.1 Å². The van der Waals surface area contributed by atoms with Gasteiger partial charge in [0.15, 0.2) is 5.96 Å². The maximum absolute atomic E-state index is 6.04. The van der Waals surface area contributed by atoms with Crippen molar-refractivity contribution in [2.24, 2.45) is 4.99 Å². The molecule has 8 heteroatoms. The van der Waals surface area contributed by atoms with E-state index >= 15 is 0 Å². The van der Waals surface area contributed by atoms with Crippen LogP contribution in [0.4, 0.5) is 0 Å². The van der Waals surface area contributed by atoms with E-state index in [0.717, 1.165) is 24.1 Å². The summed E-state index contributed by atoms with van der Waals surface area (Å²) in [6.45, 7) is 2.16. The van der Waals surface area contributed by atoms with Crippen molar-refractivity contribution in [3.8, 4) is 0 Å². The van der Waals surface area contributed by atoms with Crippen LogP contribution in [0.15, 0.2) is 72.0 Å². The SMILES string of the molecule is CN=C(NCc1ccccc1Cn1cccn1)NCC(c1ccc(Cl)cc1)N(C)C.I. The predicted molar refractivity (Wildman–Crippen MR) is 139 cm³/mol. The highest BCUT2D eigenvalue weighted by molar-refractivity contribution is 14.0. The molecule has 0 fully saturated rings. The Morgan fingerprint density at radius 2 is 1.77 bits per heavy atom. The zero-order chi connectivity index (χ0) is 21.3. The van der Waals surface area contributed by atoms with Gasteiger partial charge in [0.05, 0.1) is 12.6 Å². The number of hydrogen-bond donors (Lipinski definition) is 2. The Bertz CT molecular complexity index is 941. The predicted octanol–water partition coefficient (Wildman–Crippen LogP) is 4.17. The van der Waals surface area contributed by atoms with Crippen LogP contribution in [0.1, 0.15) is 22.7 Å². The molecule has 0 radical (unpaired) electrons. The lowest BCUT2D eigenvalue weighted by Gasteiger charge is -2.26. The third-order valence-corrected chi connectivity index (χ3v) is 5.27. The van der Waals surface area contributed by atoms with Crippen molar-refractivity contribution in [1.82, 2.24) is 25.3 Å². The van der Waals surface area contributed by atoms with Crippen LogP contribution in [0.3, 0.4) is 0 Å². The summed E-state index contributed by atoms with van der Waals surface area (Å²) in [7, 11) is 5.93. The van der Waals surface area contributed by atoms with E-state index in [1.54, 1.807) is 13.2 Å². The van der Waals surface area contributed by atoms with Gasteiger partial charge in [0.25, 0.3) is 0 Å². The summed E-state index contributed by atoms with van der Waals surface area (Å²) >= 11 is 6.04. The number of nitrogens with zero attached hydrogens (tertiary/aromatic N) is 4. The minimum atomic E-state index is 0. The van der Waals surface area contributed by atoms with Crippen molar-refractivity contribution in [1.29, 1.82) is 0 Å². The average Bonchev–Trinajstić information content (AvgIpc) is 3.25. The smallest absolute Gasteiger partial charge is 0.191 e. The zero-order valence-electron chi connectivity index (χ0n) is 18.1. The van der Waals surface area contributed by atoms with E-state index in [9.17, 15) is 0 Å². The number of rotatable bonds is 8. The fourth-order valence-corrected chi connectivity index (χ4v) is 3.46. The number of hydrogen-bond acceptors (Lipinski definition) is 3. The Morgan fingerprint density at radius 1 is 1.06 bits per heavy atom. The monoisotopic (exact) mass is 552 g/mol. The molecule has 6 nitrogen and oxygen atoms in total. The molecule has 3 rings (SSSR count). The van der Waals surface area contributed by atoms with Gasteiger partial charge >= 0.3 is 0 Å². The molecule has 31 heavy (non-hydrogen) atoms. The van der Waals surface area contributed by atoms with Crippen molar-refractivity contribution in [2.45, 2.75) is 19.1 Å². The average molecular weight is 553 g/mol. The first kappa shape index (κ1) is 25.2. The van der Waals surface area contributed by atoms with Gasteiger partial charge in [-0.15, -0.1) is 24.0 Å². The zero-order valence-corrected chi connectivity index (χ0v) is 21.2. The molecule has 0 spiro atoms. The van der Waals surface area contributed by atoms with Crippen LogP contribution in [0, 0.1) is 0 Å². The van der Waals surface area contributed by atoms with Crippen molar-refractivity contribution < 1.29 is 0 Å². The number of aromatic nitrogens is 2. The fourth-order valence-electron chi connectivity index (χ4n) is 3.33. The van der Waals surface area contributed by atoms with Gasteiger partial charge in [0.1, 0.15) is 0 Å². The van der Waals surface area contributed by atoms with E-state index in [2.05, 4.69) is 76.1 Å². The molecule has 0 saturated carbocycles. The number of benzene rings is 2. The highest BCUT2D eigenvalue weighted by Gasteiger charge is 2.15. The van der Waals surface area contributed by atoms with E-state index in [1.165, 1.54) is 16.7 Å². The Morgan fingerprint density at radius 3 is 2.39 bits per heavy atom. The lowest BCUT2D eigenvalue weighted by atomic mass is 10.1. The van der Waals surface area contributed by atoms with Crippen molar-refractivity contribution in [3.63, 3.8) is 0 Å². The number of nitrogens with one attached hydrogen (secondary N) is 2. The summed E-state index contributed by atoms with van der Waals surface area (Å²) in [4.78, 5) is 6.57. The summed E-state index contributed by atoms with van der Waals surface area (Å²) in [5.41, 5.74) is 3.66. The Kier molecular flexibility index (Phi) is 10.3. The van der Waals surface area contributed by atoms with Gasteiger partial charge < -0.3 is 15.5 Å². The van der Waals surface area contributed by atoms with Crippen LogP contribution in [0.2, 0.25) is 5.02 Å². The molecule has 1 aromatic heterocycles. The van der Waals surface area contributed by atoms with Gasteiger partial charge in [-0.2, -0.15) is 5.10 Å². The van der Waals surface area contributed by atoms with Crippen molar-refractivity contribution in [2.75, 3.05) is 27.7 Å². The quantitative estimate of drug-likeness (QED) is 0.250. The third kappa shape index (κ3) is 7.52. The normalized spacial score (nSPS) is 12.4. The van der Waals surface area contributed by atoms with E-state index in [4.69, 9.17) is 11.6 Å². The molecule has 0 aliphatic rings. The number of aliphatic imine (C=N–C) groups is 1. The molecular formula is C23H30ClIN6. The fraction of sp³-hybridized carbons (Fsp3) is 0.304. The number of likely N-dealkylation sites (N-methyl/N-ethyl adjacent to an activating group) is 1. The summed E-state index contributed by atoms with van der Waals surface area (Å²) in [5.74, 6) is 0.768. The van der Waals surface area contributed by atoms with E-state index in [-0.39, 0.29) is 30.0 Å². The second-order valence-electron chi connectivity index (χ2n) is 7.31. The molecule has 3 aromatic rings. The maximum Gasteiger partial charge on any atom is 0.191 e. The minimum absolute atomic E-state index is 0. The van der Waals surface area contributed by atoms with Gasteiger partial charge in [-0.25, -0.2) is 0 Å². The highest BCUT2D eigenvalue weighted by atomic mass is 127. The molecular weight excluding hydrogens is 523 g/mol. The highest BCUT2D eigenvalue weighted by Crippen LogP contribution is 2.19. The topological polar surface area (TPSA) is 57.5 Å². The van der Waals surface area contributed by atoms with E-state index in [0.29, 0.717) is 6.54 Å². The molecule has 166 valence electrons. The summed E-state index contributed by atoms with van der Waals surface area (Å²) in [6, 6.07) is 18.5. The molecule has 2 aromatic carbocycles. The second kappa shape index (κ2) is 12.7. The molecule has 0 aliphatic carbocycles. The Hall–Kier alpha value is -2.10. The van der Waals surface area contributed by atoms with Crippen LogP contribution >= 0.6 is 35.6 Å². The number of guanidine groups is 1. The molecule has 0 aliphatic heterocycles. The lowest BCUT2D eigenvalue weighted by Crippen LogP contribution is -2.41. The van der Waals surface area contributed by atoms with Crippen molar-refractivity contribution >= 4 is 41.5 Å². The van der Waals surface area contributed by atoms with Crippen LogP contribution < -0.4 is 10.6 Å². The maximum atomic E-state index is 6.04. The van der Waals surface area contributed by atoms with Gasteiger partial charge in [0.2, 0.25) is 0 Å². The van der Waals surface area contributed by atoms with Crippen LogP contribution in [-0.2, 0) is 13.1 Å². The van der Waals surface area contributed by atoms with Crippen LogP contribution in [-0.4, -0.2) is 48.3 Å². The minimum Gasteiger partial charge on any atom is -0.354 e. The van der Waals surface area contributed by atoms with Crippen LogP contribution in [0.25, 0.3) is 0 Å². The van der Waals surface area contributed by atoms with Crippen LogP contribution in [0.5, 0.6) is 0 Å². The molecule has 1 heterocycles. The van der Waals surface area contributed by atoms with E-state index < -0.39 is 0 Å². The van der Waals surface area contributed by atoms with Gasteiger partial charge in [-0.1, -0.05) is 48.0 Å². The summed E-state index contributed by atoms with van der Waals surface area (Å²) in [5, 5.41) is 11.9. The standard InChI is InChI=1S/C23H29ClN6.HI/c1-25-23(27-16-22(29(2)3)18-9-11-21(24)12-10-18)26-15-19-7-4-5-8-20(19)17-30-14-6-13-28-30;/h4-14,22H,15-17H2,1-3H3,(H2,25,26,27);1H. The summed E-state index contributed by atoms with van der Waals surface area (Å²) < 4.78 is 1.93. The van der Waals surface area contributed by atoms with Crippen molar-refractivity contribution in [3.05, 3.63) is 88.7 Å². The molecule has 0 saturated heterocycles. The Labute approximate surface area is 206 Å². The molecule has 1 atom stereocenters.